The van der Waals surface area contributed by atoms with Crippen molar-refractivity contribution in [2.45, 2.75) is 0 Å². The van der Waals surface area contributed by atoms with Gasteiger partial charge in [-0.15, -0.1) is 0 Å². The average molecular weight is 280 g/mol. The number of para-hydroxylation sites is 1. The van der Waals surface area contributed by atoms with Crippen LogP contribution in [0.4, 0.5) is 5.69 Å². The third-order valence-corrected chi connectivity index (χ3v) is 4.35. The van der Waals surface area contributed by atoms with E-state index in [1.807, 2.05) is 5.38 Å². The normalized spacial score (nSPS) is 15.9. The van der Waals surface area contributed by atoms with Gasteiger partial charge in [0.15, 0.2) is 0 Å². The van der Waals surface area contributed by atoms with Crippen LogP contribution in [0.3, 0.4) is 0 Å². The summed E-state index contributed by atoms with van der Waals surface area (Å²) in [6, 6.07) is 8.44. The van der Waals surface area contributed by atoms with Crippen LogP contribution in [0, 0.1) is 0 Å². The van der Waals surface area contributed by atoms with Gasteiger partial charge in [-0.05, 0) is 6.07 Å². The van der Waals surface area contributed by atoms with Crippen LogP contribution in [0.25, 0.3) is 11.1 Å². The highest BCUT2D eigenvalue weighted by Gasteiger charge is 2.16. The van der Waals surface area contributed by atoms with E-state index in [1.54, 1.807) is 11.3 Å². The predicted octanol–water partition coefficient (Wildman–Crippen LogP) is 3.91. The number of thiophene rings is 1. The SMILES string of the molecule is Clc1cscc1-c1ccccc1N1CCOCC1. The number of hydrogen-bond acceptors (Lipinski definition) is 3. The van der Waals surface area contributed by atoms with E-state index in [9.17, 15) is 0 Å². The van der Waals surface area contributed by atoms with Gasteiger partial charge >= 0.3 is 0 Å². The van der Waals surface area contributed by atoms with Gasteiger partial charge in [0.25, 0.3) is 0 Å². The molecule has 1 fully saturated rings. The first kappa shape index (κ1) is 12.0. The van der Waals surface area contributed by atoms with Crippen LogP contribution in [0.2, 0.25) is 5.02 Å². The molecule has 0 saturated carbocycles. The maximum absolute atomic E-state index is 6.25. The summed E-state index contributed by atoms with van der Waals surface area (Å²) in [5.74, 6) is 0. The Labute approximate surface area is 116 Å². The molecule has 18 heavy (non-hydrogen) atoms. The van der Waals surface area contributed by atoms with E-state index >= 15 is 0 Å². The van der Waals surface area contributed by atoms with E-state index in [2.05, 4.69) is 34.5 Å². The van der Waals surface area contributed by atoms with E-state index in [1.165, 1.54) is 11.3 Å². The maximum Gasteiger partial charge on any atom is 0.0642 e. The number of anilines is 1. The van der Waals surface area contributed by atoms with E-state index in [4.69, 9.17) is 16.3 Å². The van der Waals surface area contributed by atoms with Gasteiger partial charge < -0.3 is 9.64 Å². The second-order valence-corrected chi connectivity index (χ2v) is 5.40. The molecule has 1 aliphatic heterocycles. The Morgan fingerprint density at radius 2 is 1.83 bits per heavy atom. The van der Waals surface area contributed by atoms with Gasteiger partial charge in [0, 0.05) is 40.7 Å². The zero-order chi connectivity index (χ0) is 12.4. The number of morpholine rings is 1. The van der Waals surface area contributed by atoms with Gasteiger partial charge in [-0.2, -0.15) is 11.3 Å². The molecule has 0 bridgehead atoms. The van der Waals surface area contributed by atoms with Crippen LogP contribution in [0.15, 0.2) is 35.0 Å². The highest BCUT2D eigenvalue weighted by Crippen LogP contribution is 2.37. The topological polar surface area (TPSA) is 12.5 Å². The van der Waals surface area contributed by atoms with Gasteiger partial charge in [0.1, 0.15) is 0 Å². The molecule has 0 spiro atoms. The molecule has 1 aromatic carbocycles. The molecule has 0 atom stereocenters. The summed E-state index contributed by atoms with van der Waals surface area (Å²) in [6.07, 6.45) is 0. The highest BCUT2D eigenvalue weighted by molar-refractivity contribution is 7.09. The Hall–Kier alpha value is -1.03. The van der Waals surface area contributed by atoms with Crippen molar-refractivity contribution in [3.05, 3.63) is 40.0 Å². The fraction of sp³-hybridized carbons (Fsp3) is 0.286. The Morgan fingerprint density at radius 3 is 2.56 bits per heavy atom. The molecule has 0 aliphatic carbocycles. The third kappa shape index (κ3) is 2.26. The lowest BCUT2D eigenvalue weighted by Crippen LogP contribution is -2.36. The number of halogens is 1. The third-order valence-electron chi connectivity index (χ3n) is 3.16. The molecule has 2 nitrogen and oxygen atoms in total. The van der Waals surface area contributed by atoms with Crippen LogP contribution in [-0.4, -0.2) is 26.3 Å². The largest absolute Gasteiger partial charge is 0.378 e. The molecule has 2 aromatic rings. The second kappa shape index (κ2) is 5.31. The summed E-state index contributed by atoms with van der Waals surface area (Å²) in [7, 11) is 0. The summed E-state index contributed by atoms with van der Waals surface area (Å²) >= 11 is 7.89. The number of ether oxygens (including phenoxy) is 1. The molecule has 4 heteroatoms. The molecule has 1 aliphatic rings. The smallest absolute Gasteiger partial charge is 0.0642 e. The molecule has 1 saturated heterocycles. The molecule has 94 valence electrons. The molecule has 0 radical (unpaired) electrons. The van der Waals surface area contributed by atoms with Crippen molar-refractivity contribution in [3.63, 3.8) is 0 Å². The highest BCUT2D eigenvalue weighted by atomic mass is 35.5. The van der Waals surface area contributed by atoms with Crippen molar-refractivity contribution in [2.24, 2.45) is 0 Å². The summed E-state index contributed by atoms with van der Waals surface area (Å²) in [6.45, 7) is 3.48. The lowest BCUT2D eigenvalue weighted by molar-refractivity contribution is 0.123. The van der Waals surface area contributed by atoms with Crippen LogP contribution in [0.5, 0.6) is 0 Å². The van der Waals surface area contributed by atoms with Crippen LogP contribution < -0.4 is 4.90 Å². The van der Waals surface area contributed by atoms with Crippen LogP contribution >= 0.6 is 22.9 Å². The molecule has 0 N–H and O–H groups in total. The summed E-state index contributed by atoms with van der Waals surface area (Å²) < 4.78 is 5.41. The van der Waals surface area contributed by atoms with Crippen molar-refractivity contribution in [2.75, 3.05) is 31.2 Å². The maximum atomic E-state index is 6.25. The van der Waals surface area contributed by atoms with Crippen LogP contribution in [-0.2, 0) is 4.74 Å². The van der Waals surface area contributed by atoms with Gasteiger partial charge in [-0.25, -0.2) is 0 Å². The van der Waals surface area contributed by atoms with Crippen molar-refractivity contribution in [1.82, 2.24) is 0 Å². The quantitative estimate of drug-likeness (QED) is 0.826. The second-order valence-electron chi connectivity index (χ2n) is 4.25. The number of rotatable bonds is 2. The summed E-state index contributed by atoms with van der Waals surface area (Å²) in [4.78, 5) is 2.37. The zero-order valence-corrected chi connectivity index (χ0v) is 11.5. The van der Waals surface area contributed by atoms with Gasteiger partial charge in [-0.3, -0.25) is 0 Å². The Balaban J connectivity index is 2.02. The first-order valence-corrected chi connectivity index (χ1v) is 7.32. The minimum absolute atomic E-state index is 0.797. The first-order valence-electron chi connectivity index (χ1n) is 6.00. The number of hydrogen-bond donors (Lipinski definition) is 0. The Morgan fingerprint density at radius 1 is 1.06 bits per heavy atom. The standard InChI is InChI=1S/C14H14ClNOS/c15-13-10-18-9-12(13)11-3-1-2-4-14(11)16-5-7-17-8-6-16/h1-4,9-10H,5-8H2. The van der Waals surface area contributed by atoms with Crippen molar-refractivity contribution < 1.29 is 4.74 Å². The Bertz CT molecular complexity index is 534. The molecular weight excluding hydrogens is 266 g/mol. The van der Waals surface area contributed by atoms with Crippen LogP contribution in [0.1, 0.15) is 0 Å². The number of nitrogens with zero attached hydrogens (tertiary/aromatic N) is 1. The van der Waals surface area contributed by atoms with Crippen molar-refractivity contribution in [3.8, 4) is 11.1 Å². The lowest BCUT2D eigenvalue weighted by Gasteiger charge is -2.30. The fourth-order valence-electron chi connectivity index (χ4n) is 2.26. The molecule has 1 aromatic heterocycles. The van der Waals surface area contributed by atoms with Gasteiger partial charge in [0.05, 0.1) is 18.2 Å². The minimum atomic E-state index is 0.797. The van der Waals surface area contributed by atoms with E-state index in [0.717, 1.165) is 36.9 Å². The summed E-state index contributed by atoms with van der Waals surface area (Å²) in [5, 5.41) is 4.93. The van der Waals surface area contributed by atoms with E-state index in [-0.39, 0.29) is 0 Å². The van der Waals surface area contributed by atoms with Crippen molar-refractivity contribution >= 4 is 28.6 Å². The molecule has 0 unspecified atom stereocenters. The zero-order valence-electron chi connectivity index (χ0n) is 9.93. The average Bonchev–Trinajstić information content (AvgIpc) is 2.86. The lowest BCUT2D eigenvalue weighted by atomic mass is 10.1. The van der Waals surface area contributed by atoms with E-state index < -0.39 is 0 Å². The number of benzene rings is 1. The fourth-order valence-corrected chi connectivity index (χ4v) is 3.33. The molecule has 3 rings (SSSR count). The Kier molecular flexibility index (Phi) is 3.55. The predicted molar refractivity (Wildman–Crippen MR) is 77.8 cm³/mol. The molecular formula is C14H14ClNOS. The summed E-state index contributed by atoms with van der Waals surface area (Å²) in [5.41, 5.74) is 3.59. The minimum Gasteiger partial charge on any atom is -0.378 e. The van der Waals surface area contributed by atoms with Gasteiger partial charge in [0.2, 0.25) is 0 Å². The molecule has 2 heterocycles. The van der Waals surface area contributed by atoms with Gasteiger partial charge in [-0.1, -0.05) is 29.8 Å². The first-order chi connectivity index (χ1) is 8.86. The van der Waals surface area contributed by atoms with Crippen molar-refractivity contribution in [1.29, 1.82) is 0 Å². The monoisotopic (exact) mass is 279 g/mol. The molecule has 0 amide bonds. The van der Waals surface area contributed by atoms with E-state index in [0.29, 0.717) is 0 Å².